The summed E-state index contributed by atoms with van der Waals surface area (Å²) in [6.07, 6.45) is 1.34. The molecule has 1 aromatic carbocycles. The fourth-order valence-corrected chi connectivity index (χ4v) is 2.09. The van der Waals surface area contributed by atoms with E-state index in [1.165, 1.54) is 18.2 Å². The molecule has 0 amide bonds. The van der Waals surface area contributed by atoms with Crippen LogP contribution in [0.2, 0.25) is 0 Å². The summed E-state index contributed by atoms with van der Waals surface area (Å²) in [4.78, 5) is 0. The van der Waals surface area contributed by atoms with E-state index in [-0.39, 0.29) is 16.9 Å². The van der Waals surface area contributed by atoms with Crippen molar-refractivity contribution in [2.24, 2.45) is 0 Å². The summed E-state index contributed by atoms with van der Waals surface area (Å²) in [5, 5.41) is -0.221. The number of hydrogen-bond donors (Lipinski definition) is 0. The zero-order valence-electron chi connectivity index (χ0n) is 8.93. The summed E-state index contributed by atoms with van der Waals surface area (Å²) in [5.74, 6) is -1.25. The van der Waals surface area contributed by atoms with Crippen LogP contribution in [-0.2, 0) is 0 Å². The molecule has 0 aromatic heterocycles. The van der Waals surface area contributed by atoms with Crippen LogP contribution in [0, 0.1) is 11.6 Å². The molecule has 0 fully saturated rings. The monoisotopic (exact) mass is 232 g/mol. The van der Waals surface area contributed by atoms with Gasteiger partial charge in [0.15, 0.2) is 0 Å². The van der Waals surface area contributed by atoms with Gasteiger partial charge in [0, 0.05) is 16.9 Å². The topological polar surface area (TPSA) is 0 Å². The lowest BCUT2D eigenvalue weighted by Crippen LogP contribution is -2.14. The normalized spacial score (nSPS) is 15.0. The molecule has 0 aliphatic heterocycles. The van der Waals surface area contributed by atoms with Crippen molar-refractivity contribution in [3.05, 3.63) is 35.4 Å². The van der Waals surface area contributed by atoms with Crippen molar-refractivity contribution >= 4 is 11.6 Å². The van der Waals surface area contributed by atoms with Gasteiger partial charge < -0.3 is 0 Å². The summed E-state index contributed by atoms with van der Waals surface area (Å²) in [6, 6.07) is 3.93. The van der Waals surface area contributed by atoms with E-state index in [1.807, 2.05) is 13.8 Å². The molecule has 2 atom stereocenters. The highest BCUT2D eigenvalue weighted by atomic mass is 35.5. The average Bonchev–Trinajstić information content (AvgIpc) is 2.22. The first-order valence-corrected chi connectivity index (χ1v) is 5.63. The minimum Gasteiger partial charge on any atom is -0.207 e. The third-order valence-corrected chi connectivity index (χ3v) is 3.25. The van der Waals surface area contributed by atoms with Gasteiger partial charge >= 0.3 is 0 Å². The Morgan fingerprint density at radius 2 is 1.67 bits per heavy atom. The van der Waals surface area contributed by atoms with Crippen molar-refractivity contribution in [2.45, 2.75) is 38.0 Å². The highest BCUT2D eigenvalue weighted by Crippen LogP contribution is 2.32. The van der Waals surface area contributed by atoms with E-state index in [2.05, 4.69) is 0 Å². The Morgan fingerprint density at radius 3 is 2.07 bits per heavy atom. The second-order valence-electron chi connectivity index (χ2n) is 3.57. The van der Waals surface area contributed by atoms with Gasteiger partial charge in [-0.25, -0.2) is 8.78 Å². The molecule has 0 spiro atoms. The van der Waals surface area contributed by atoms with E-state index in [4.69, 9.17) is 11.6 Å². The van der Waals surface area contributed by atoms with E-state index in [0.717, 1.165) is 0 Å². The first-order valence-electron chi connectivity index (χ1n) is 5.19. The van der Waals surface area contributed by atoms with Gasteiger partial charge in [-0.15, -0.1) is 11.6 Å². The van der Waals surface area contributed by atoms with Crippen LogP contribution in [0.15, 0.2) is 18.2 Å². The minimum absolute atomic E-state index is 0.127. The standard InChI is InChI=1S/C12H15ClF2/c1-3-8(9(13)4-2)12-10(14)6-5-7-11(12)15/h5-9H,3-4H2,1-2H3. The number of benzene rings is 1. The van der Waals surface area contributed by atoms with Crippen LogP contribution in [0.1, 0.15) is 38.2 Å². The minimum atomic E-state index is -0.499. The molecule has 84 valence electrons. The van der Waals surface area contributed by atoms with Gasteiger partial charge in [-0.3, -0.25) is 0 Å². The Bertz CT molecular complexity index is 305. The molecule has 0 radical (unpaired) electrons. The van der Waals surface area contributed by atoms with E-state index in [0.29, 0.717) is 12.8 Å². The third kappa shape index (κ3) is 2.69. The Balaban J connectivity index is 3.11. The molecule has 0 bridgehead atoms. The predicted octanol–water partition coefficient (Wildman–Crippen LogP) is 4.48. The maximum absolute atomic E-state index is 13.5. The van der Waals surface area contributed by atoms with Gasteiger partial charge in [0.05, 0.1) is 0 Å². The van der Waals surface area contributed by atoms with Crippen molar-refractivity contribution in [2.75, 3.05) is 0 Å². The molecule has 1 aromatic rings. The zero-order valence-corrected chi connectivity index (χ0v) is 9.69. The van der Waals surface area contributed by atoms with Crippen LogP contribution in [0.3, 0.4) is 0 Å². The molecule has 0 heterocycles. The number of hydrogen-bond acceptors (Lipinski definition) is 0. The highest BCUT2D eigenvalue weighted by molar-refractivity contribution is 6.21. The van der Waals surface area contributed by atoms with E-state index >= 15 is 0 Å². The first kappa shape index (κ1) is 12.4. The Hall–Kier alpha value is -0.630. The number of alkyl halides is 1. The SMILES string of the molecule is CCC(Cl)C(CC)c1c(F)cccc1F. The van der Waals surface area contributed by atoms with Crippen molar-refractivity contribution in [1.82, 2.24) is 0 Å². The van der Waals surface area contributed by atoms with Gasteiger partial charge in [-0.05, 0) is 25.0 Å². The van der Waals surface area contributed by atoms with Crippen molar-refractivity contribution in [3.8, 4) is 0 Å². The van der Waals surface area contributed by atoms with Gasteiger partial charge in [0.2, 0.25) is 0 Å². The zero-order chi connectivity index (χ0) is 11.4. The van der Waals surface area contributed by atoms with Crippen LogP contribution >= 0.6 is 11.6 Å². The Kier molecular flexibility index (Phi) is 4.52. The summed E-state index contributed by atoms with van der Waals surface area (Å²) in [7, 11) is 0. The largest absolute Gasteiger partial charge is 0.207 e. The second-order valence-corrected chi connectivity index (χ2v) is 4.13. The summed E-state index contributed by atoms with van der Waals surface area (Å²) < 4.78 is 27.0. The van der Waals surface area contributed by atoms with Crippen molar-refractivity contribution in [3.63, 3.8) is 0 Å². The highest BCUT2D eigenvalue weighted by Gasteiger charge is 2.24. The summed E-state index contributed by atoms with van der Waals surface area (Å²) >= 11 is 6.08. The van der Waals surface area contributed by atoms with Crippen LogP contribution in [0.5, 0.6) is 0 Å². The lowest BCUT2D eigenvalue weighted by Gasteiger charge is -2.21. The van der Waals surface area contributed by atoms with Crippen LogP contribution < -0.4 is 0 Å². The van der Waals surface area contributed by atoms with Crippen LogP contribution in [0.4, 0.5) is 8.78 Å². The summed E-state index contributed by atoms with van der Waals surface area (Å²) in [5.41, 5.74) is 0.127. The van der Waals surface area contributed by atoms with Crippen LogP contribution in [-0.4, -0.2) is 5.38 Å². The van der Waals surface area contributed by atoms with Crippen molar-refractivity contribution in [1.29, 1.82) is 0 Å². The molecular formula is C12H15ClF2. The molecule has 0 saturated carbocycles. The molecule has 0 aliphatic rings. The van der Waals surface area contributed by atoms with Crippen molar-refractivity contribution < 1.29 is 8.78 Å². The molecular weight excluding hydrogens is 218 g/mol. The van der Waals surface area contributed by atoms with E-state index in [9.17, 15) is 8.78 Å². The third-order valence-electron chi connectivity index (χ3n) is 2.64. The van der Waals surface area contributed by atoms with Gasteiger partial charge in [-0.1, -0.05) is 19.9 Å². The maximum Gasteiger partial charge on any atom is 0.129 e. The molecule has 0 N–H and O–H groups in total. The second kappa shape index (κ2) is 5.45. The average molecular weight is 233 g/mol. The molecule has 0 nitrogen and oxygen atoms in total. The van der Waals surface area contributed by atoms with Gasteiger partial charge in [-0.2, -0.15) is 0 Å². The predicted molar refractivity (Wildman–Crippen MR) is 59.3 cm³/mol. The summed E-state index contributed by atoms with van der Waals surface area (Å²) in [6.45, 7) is 3.81. The fraction of sp³-hybridized carbons (Fsp3) is 0.500. The fourth-order valence-electron chi connectivity index (χ4n) is 1.79. The van der Waals surface area contributed by atoms with Gasteiger partial charge in [0.1, 0.15) is 11.6 Å². The maximum atomic E-state index is 13.5. The smallest absolute Gasteiger partial charge is 0.129 e. The first-order chi connectivity index (χ1) is 7.11. The molecule has 3 heteroatoms. The van der Waals surface area contributed by atoms with E-state index < -0.39 is 11.6 Å². The number of rotatable bonds is 4. The van der Waals surface area contributed by atoms with E-state index in [1.54, 1.807) is 0 Å². The molecule has 0 aliphatic carbocycles. The van der Waals surface area contributed by atoms with Crippen LogP contribution in [0.25, 0.3) is 0 Å². The number of halogens is 3. The Labute approximate surface area is 94.3 Å². The molecule has 15 heavy (non-hydrogen) atoms. The quantitative estimate of drug-likeness (QED) is 0.672. The molecule has 1 rings (SSSR count). The van der Waals surface area contributed by atoms with Gasteiger partial charge in [0.25, 0.3) is 0 Å². The lowest BCUT2D eigenvalue weighted by atomic mass is 9.91. The molecule has 0 saturated heterocycles. The lowest BCUT2D eigenvalue weighted by molar-refractivity contribution is 0.498. The molecule has 2 unspecified atom stereocenters. The Morgan fingerprint density at radius 1 is 1.13 bits per heavy atom.